The van der Waals surface area contributed by atoms with Crippen molar-refractivity contribution in [3.05, 3.63) is 0 Å². The molecule has 0 heterocycles. The van der Waals surface area contributed by atoms with Crippen LogP contribution in [0.3, 0.4) is 0 Å². The molecular formula is C12H28O5. The van der Waals surface area contributed by atoms with Crippen molar-refractivity contribution in [1.29, 1.82) is 0 Å². The number of rotatable bonds is 11. The van der Waals surface area contributed by atoms with Crippen molar-refractivity contribution in [3.63, 3.8) is 0 Å². The Bertz CT molecular complexity index is 99.1. The van der Waals surface area contributed by atoms with Crippen LogP contribution in [0.2, 0.25) is 0 Å². The highest BCUT2D eigenvalue weighted by Gasteiger charge is 1.87. The van der Waals surface area contributed by atoms with E-state index in [0.29, 0.717) is 33.0 Å². The Morgan fingerprint density at radius 3 is 1.65 bits per heavy atom. The van der Waals surface area contributed by atoms with Crippen LogP contribution in [0, 0.1) is 0 Å². The number of unbranched alkanes of at least 4 members (excludes halogenated alkanes) is 1. The molecule has 0 saturated carbocycles. The van der Waals surface area contributed by atoms with E-state index in [1.54, 1.807) is 0 Å². The summed E-state index contributed by atoms with van der Waals surface area (Å²) in [5.74, 6) is 0. The minimum absolute atomic E-state index is 0.0922. The number of ether oxygens (including phenoxy) is 3. The van der Waals surface area contributed by atoms with Gasteiger partial charge in [-0.05, 0) is 13.3 Å². The van der Waals surface area contributed by atoms with Gasteiger partial charge in [-0.1, -0.05) is 13.3 Å². The fourth-order valence-electron chi connectivity index (χ4n) is 0.842. The van der Waals surface area contributed by atoms with Gasteiger partial charge in [-0.2, -0.15) is 0 Å². The van der Waals surface area contributed by atoms with E-state index in [2.05, 4.69) is 6.92 Å². The van der Waals surface area contributed by atoms with Crippen molar-refractivity contribution in [1.82, 2.24) is 0 Å². The molecule has 0 aliphatic rings. The molecule has 0 fully saturated rings. The van der Waals surface area contributed by atoms with E-state index >= 15 is 0 Å². The van der Waals surface area contributed by atoms with Crippen LogP contribution >= 0.6 is 0 Å². The standard InChI is InChI=1S/C8H18O3.C4H10O2/c1-2-3-5-10-7-8-11-6-4-9;1-2-6-4-3-5/h9H,2-8H2,1H3;5H,2-4H2,1H3. The zero-order valence-electron chi connectivity index (χ0n) is 11.2. The monoisotopic (exact) mass is 252 g/mol. The average Bonchev–Trinajstić information content (AvgIpc) is 2.36. The third-order valence-electron chi connectivity index (χ3n) is 1.69. The second-order valence-corrected chi connectivity index (χ2v) is 3.22. The minimum Gasteiger partial charge on any atom is -0.394 e. The molecule has 0 amide bonds. The molecule has 0 radical (unpaired) electrons. The minimum atomic E-state index is 0.0922. The summed E-state index contributed by atoms with van der Waals surface area (Å²) < 4.78 is 14.9. The molecule has 0 rings (SSSR count). The smallest absolute Gasteiger partial charge is 0.0701 e. The van der Waals surface area contributed by atoms with Crippen LogP contribution in [0.5, 0.6) is 0 Å². The normalized spacial score (nSPS) is 9.88. The molecule has 5 heteroatoms. The maximum atomic E-state index is 8.34. The Labute approximate surface area is 105 Å². The fourth-order valence-corrected chi connectivity index (χ4v) is 0.842. The first-order valence-corrected chi connectivity index (χ1v) is 6.28. The van der Waals surface area contributed by atoms with E-state index in [4.69, 9.17) is 24.4 Å². The maximum Gasteiger partial charge on any atom is 0.0701 e. The van der Waals surface area contributed by atoms with Gasteiger partial charge in [0.25, 0.3) is 0 Å². The van der Waals surface area contributed by atoms with E-state index in [9.17, 15) is 0 Å². The first-order valence-electron chi connectivity index (χ1n) is 6.28. The molecule has 0 atom stereocenters. The van der Waals surface area contributed by atoms with Crippen molar-refractivity contribution in [2.24, 2.45) is 0 Å². The lowest BCUT2D eigenvalue weighted by molar-refractivity contribution is 0.0324. The van der Waals surface area contributed by atoms with E-state index in [0.717, 1.165) is 19.4 Å². The first-order chi connectivity index (χ1) is 8.33. The Hall–Kier alpha value is -0.200. The lowest BCUT2D eigenvalue weighted by Crippen LogP contribution is -2.07. The van der Waals surface area contributed by atoms with Gasteiger partial charge in [0.05, 0.1) is 39.6 Å². The van der Waals surface area contributed by atoms with Crippen molar-refractivity contribution in [3.8, 4) is 0 Å². The van der Waals surface area contributed by atoms with Gasteiger partial charge in [0.1, 0.15) is 0 Å². The average molecular weight is 252 g/mol. The van der Waals surface area contributed by atoms with Gasteiger partial charge in [0, 0.05) is 13.2 Å². The predicted molar refractivity (Wildman–Crippen MR) is 67.2 cm³/mol. The lowest BCUT2D eigenvalue weighted by Gasteiger charge is -2.02. The maximum absolute atomic E-state index is 8.34. The SMILES string of the molecule is CCCCOCCOCCO.CCOCCO. The topological polar surface area (TPSA) is 68.2 Å². The largest absolute Gasteiger partial charge is 0.394 e. The number of aliphatic hydroxyl groups is 2. The van der Waals surface area contributed by atoms with Crippen LogP contribution in [-0.2, 0) is 14.2 Å². The van der Waals surface area contributed by atoms with Gasteiger partial charge in [0.15, 0.2) is 0 Å². The molecule has 0 aromatic heterocycles. The van der Waals surface area contributed by atoms with Crippen LogP contribution < -0.4 is 0 Å². The highest BCUT2D eigenvalue weighted by atomic mass is 16.5. The third kappa shape index (κ3) is 25.8. The quantitative estimate of drug-likeness (QED) is 0.533. The van der Waals surface area contributed by atoms with E-state index in [-0.39, 0.29) is 13.2 Å². The number of hydrogen-bond donors (Lipinski definition) is 2. The highest BCUT2D eigenvalue weighted by Crippen LogP contribution is 1.87. The van der Waals surface area contributed by atoms with Crippen LogP contribution in [0.15, 0.2) is 0 Å². The molecule has 0 aromatic rings. The van der Waals surface area contributed by atoms with Gasteiger partial charge < -0.3 is 24.4 Å². The van der Waals surface area contributed by atoms with E-state index < -0.39 is 0 Å². The molecule has 0 aromatic carbocycles. The summed E-state index contributed by atoms with van der Waals surface area (Å²) in [4.78, 5) is 0. The molecule has 106 valence electrons. The van der Waals surface area contributed by atoms with Crippen molar-refractivity contribution >= 4 is 0 Å². The number of hydrogen-bond acceptors (Lipinski definition) is 5. The molecule has 0 spiro atoms. The predicted octanol–water partition coefficient (Wildman–Crippen LogP) is 0.827. The fraction of sp³-hybridized carbons (Fsp3) is 1.00. The highest BCUT2D eigenvalue weighted by molar-refractivity contribution is 4.33. The summed E-state index contributed by atoms with van der Waals surface area (Å²) in [5, 5.41) is 16.4. The molecule has 0 unspecified atom stereocenters. The van der Waals surface area contributed by atoms with Crippen molar-refractivity contribution < 1.29 is 24.4 Å². The zero-order valence-corrected chi connectivity index (χ0v) is 11.2. The molecule has 2 N–H and O–H groups in total. The molecular weight excluding hydrogens is 224 g/mol. The summed E-state index contributed by atoms with van der Waals surface area (Å²) in [5.41, 5.74) is 0. The van der Waals surface area contributed by atoms with Gasteiger partial charge in [-0.25, -0.2) is 0 Å². The summed E-state index contributed by atoms with van der Waals surface area (Å²) in [6.07, 6.45) is 2.28. The van der Waals surface area contributed by atoms with Crippen molar-refractivity contribution in [2.45, 2.75) is 26.7 Å². The first kappa shape index (κ1) is 19.1. The van der Waals surface area contributed by atoms with Gasteiger partial charge in [-0.3, -0.25) is 0 Å². The summed E-state index contributed by atoms with van der Waals surface area (Å²) in [6, 6.07) is 0. The summed E-state index contributed by atoms with van der Waals surface area (Å²) in [6.45, 7) is 7.88. The van der Waals surface area contributed by atoms with Crippen molar-refractivity contribution in [2.75, 3.05) is 52.9 Å². The molecule has 5 nitrogen and oxygen atoms in total. The molecule has 0 bridgehead atoms. The third-order valence-corrected chi connectivity index (χ3v) is 1.69. The Morgan fingerprint density at radius 1 is 0.706 bits per heavy atom. The zero-order chi connectivity index (χ0) is 13.2. The summed E-state index contributed by atoms with van der Waals surface area (Å²) in [7, 11) is 0. The molecule has 0 aliphatic carbocycles. The molecule has 0 saturated heterocycles. The Morgan fingerprint density at radius 2 is 1.24 bits per heavy atom. The Balaban J connectivity index is 0. The van der Waals surface area contributed by atoms with E-state index in [1.807, 2.05) is 6.92 Å². The van der Waals surface area contributed by atoms with Gasteiger partial charge in [-0.15, -0.1) is 0 Å². The van der Waals surface area contributed by atoms with Crippen LogP contribution in [0.4, 0.5) is 0 Å². The van der Waals surface area contributed by atoms with Gasteiger partial charge >= 0.3 is 0 Å². The second kappa shape index (κ2) is 21.1. The van der Waals surface area contributed by atoms with Crippen LogP contribution in [0.25, 0.3) is 0 Å². The van der Waals surface area contributed by atoms with Crippen LogP contribution in [0.1, 0.15) is 26.7 Å². The van der Waals surface area contributed by atoms with Gasteiger partial charge in [0.2, 0.25) is 0 Å². The second-order valence-electron chi connectivity index (χ2n) is 3.22. The Kier molecular flexibility index (Phi) is 23.8. The van der Waals surface area contributed by atoms with Crippen LogP contribution in [-0.4, -0.2) is 63.1 Å². The summed E-state index contributed by atoms with van der Waals surface area (Å²) >= 11 is 0. The lowest BCUT2D eigenvalue weighted by atomic mass is 10.4. The molecule has 17 heavy (non-hydrogen) atoms. The number of aliphatic hydroxyl groups excluding tert-OH is 2. The molecule has 0 aliphatic heterocycles. The van der Waals surface area contributed by atoms with E-state index in [1.165, 1.54) is 0 Å².